The van der Waals surface area contributed by atoms with Crippen LogP contribution in [-0.4, -0.2) is 36.1 Å². The van der Waals surface area contributed by atoms with Crippen molar-refractivity contribution in [2.45, 2.75) is 82.8 Å². The van der Waals surface area contributed by atoms with Crippen molar-refractivity contribution in [2.75, 3.05) is 13.1 Å². The van der Waals surface area contributed by atoms with E-state index in [0.717, 1.165) is 24.7 Å². The van der Waals surface area contributed by atoms with Gasteiger partial charge in [0.25, 0.3) is 0 Å². The average molecular weight is 262 g/mol. The lowest BCUT2D eigenvalue weighted by Crippen LogP contribution is -2.56. The summed E-state index contributed by atoms with van der Waals surface area (Å²) in [6, 6.07) is 2.54. The fourth-order valence-electron chi connectivity index (χ4n) is 4.54. The van der Waals surface area contributed by atoms with E-state index in [2.05, 4.69) is 23.2 Å². The minimum Gasteiger partial charge on any atom is -0.314 e. The van der Waals surface area contributed by atoms with Crippen LogP contribution in [0.15, 0.2) is 11.6 Å². The van der Waals surface area contributed by atoms with Crippen LogP contribution in [0.25, 0.3) is 0 Å². The molecule has 3 aliphatic rings. The quantitative estimate of drug-likeness (QED) is 0.763. The first-order valence-corrected chi connectivity index (χ1v) is 8.54. The third-order valence-corrected chi connectivity index (χ3v) is 5.44. The second kappa shape index (κ2) is 6.41. The summed E-state index contributed by atoms with van der Waals surface area (Å²) in [6.07, 6.45) is 15.1. The van der Waals surface area contributed by atoms with Crippen LogP contribution in [-0.2, 0) is 0 Å². The first-order valence-electron chi connectivity index (χ1n) is 8.54. The Morgan fingerprint density at radius 2 is 2.00 bits per heavy atom. The highest BCUT2D eigenvalue weighted by molar-refractivity contribution is 5.08. The summed E-state index contributed by atoms with van der Waals surface area (Å²) in [7, 11) is 0. The Kier molecular flexibility index (Phi) is 4.60. The molecule has 1 N–H and O–H groups in total. The Morgan fingerprint density at radius 1 is 1.21 bits per heavy atom. The number of hydrogen-bond donors (Lipinski definition) is 1. The molecule has 0 aromatic carbocycles. The predicted molar refractivity (Wildman–Crippen MR) is 81.4 cm³/mol. The van der Waals surface area contributed by atoms with E-state index in [0.29, 0.717) is 0 Å². The smallest absolute Gasteiger partial charge is 0.0113 e. The number of allylic oxidation sites excluding steroid dienone is 1. The summed E-state index contributed by atoms with van der Waals surface area (Å²) in [4.78, 5) is 2.87. The Bertz CT molecular complexity index is 309. The van der Waals surface area contributed by atoms with Gasteiger partial charge in [-0.05, 0) is 57.9 Å². The molecule has 2 saturated heterocycles. The zero-order valence-corrected chi connectivity index (χ0v) is 12.5. The van der Waals surface area contributed by atoms with Crippen molar-refractivity contribution < 1.29 is 0 Å². The van der Waals surface area contributed by atoms with E-state index < -0.39 is 0 Å². The van der Waals surface area contributed by atoms with E-state index in [1.54, 1.807) is 5.57 Å². The fraction of sp³-hybridized carbons (Fsp3) is 0.882. The van der Waals surface area contributed by atoms with Gasteiger partial charge in [-0.25, -0.2) is 0 Å². The Morgan fingerprint density at radius 3 is 2.63 bits per heavy atom. The molecule has 0 amide bonds. The molecule has 3 rings (SSSR count). The molecular formula is C17H30N2. The third kappa shape index (κ3) is 3.22. The SMILES string of the molecule is CCNC1CC2CCCC(C1)N2CCC1=CCCC1. The maximum Gasteiger partial charge on any atom is 0.0113 e. The lowest BCUT2D eigenvalue weighted by atomic mass is 9.81. The first-order chi connectivity index (χ1) is 9.36. The summed E-state index contributed by atoms with van der Waals surface area (Å²) < 4.78 is 0. The number of nitrogens with one attached hydrogen (secondary N) is 1. The van der Waals surface area contributed by atoms with Gasteiger partial charge in [0.05, 0.1) is 0 Å². The van der Waals surface area contributed by atoms with E-state index in [4.69, 9.17) is 0 Å². The zero-order chi connectivity index (χ0) is 13.1. The van der Waals surface area contributed by atoms with Crippen LogP contribution in [0.5, 0.6) is 0 Å². The van der Waals surface area contributed by atoms with Gasteiger partial charge in [0.15, 0.2) is 0 Å². The lowest BCUT2D eigenvalue weighted by Gasteiger charge is -2.49. The van der Waals surface area contributed by atoms with Gasteiger partial charge in [-0.1, -0.05) is 25.0 Å². The highest BCUT2D eigenvalue weighted by Gasteiger charge is 2.37. The molecule has 19 heavy (non-hydrogen) atoms. The predicted octanol–water partition coefficient (Wildman–Crippen LogP) is 3.48. The van der Waals surface area contributed by atoms with Gasteiger partial charge in [-0.3, -0.25) is 4.90 Å². The molecule has 2 unspecified atom stereocenters. The number of rotatable bonds is 5. The van der Waals surface area contributed by atoms with Crippen LogP contribution in [0.3, 0.4) is 0 Å². The largest absolute Gasteiger partial charge is 0.314 e. The molecule has 2 bridgehead atoms. The summed E-state index contributed by atoms with van der Waals surface area (Å²) >= 11 is 0. The standard InChI is InChI=1S/C17H30N2/c1-2-18-15-12-16-8-5-9-17(13-15)19(16)11-10-14-6-3-4-7-14/h6,15-18H,2-5,7-13H2,1H3. The van der Waals surface area contributed by atoms with Crippen molar-refractivity contribution in [2.24, 2.45) is 0 Å². The minimum atomic E-state index is 0.794. The van der Waals surface area contributed by atoms with Crippen LogP contribution in [0.1, 0.15) is 64.7 Å². The van der Waals surface area contributed by atoms with Crippen molar-refractivity contribution >= 4 is 0 Å². The number of hydrogen-bond acceptors (Lipinski definition) is 2. The number of nitrogens with zero attached hydrogens (tertiary/aromatic N) is 1. The molecule has 1 aliphatic carbocycles. The Labute approximate surface area is 118 Å². The van der Waals surface area contributed by atoms with Crippen molar-refractivity contribution in [1.29, 1.82) is 0 Å². The van der Waals surface area contributed by atoms with Crippen LogP contribution >= 0.6 is 0 Å². The second-order valence-electron chi connectivity index (χ2n) is 6.71. The van der Waals surface area contributed by atoms with E-state index in [1.807, 2.05) is 0 Å². The van der Waals surface area contributed by atoms with Crippen LogP contribution in [0, 0.1) is 0 Å². The molecule has 0 spiro atoms. The third-order valence-electron chi connectivity index (χ3n) is 5.44. The molecule has 2 aliphatic heterocycles. The van der Waals surface area contributed by atoms with Crippen LogP contribution < -0.4 is 5.32 Å². The van der Waals surface area contributed by atoms with Gasteiger partial charge in [-0.2, -0.15) is 0 Å². The van der Waals surface area contributed by atoms with E-state index in [-0.39, 0.29) is 0 Å². The van der Waals surface area contributed by atoms with Gasteiger partial charge < -0.3 is 5.32 Å². The maximum atomic E-state index is 3.69. The van der Waals surface area contributed by atoms with Crippen LogP contribution in [0.2, 0.25) is 0 Å². The topological polar surface area (TPSA) is 15.3 Å². The van der Waals surface area contributed by atoms with Crippen molar-refractivity contribution in [3.63, 3.8) is 0 Å². The van der Waals surface area contributed by atoms with Gasteiger partial charge in [-0.15, -0.1) is 0 Å². The second-order valence-corrected chi connectivity index (χ2v) is 6.71. The van der Waals surface area contributed by atoms with E-state index >= 15 is 0 Å². The average Bonchev–Trinajstić information content (AvgIpc) is 2.89. The van der Waals surface area contributed by atoms with Crippen LogP contribution in [0.4, 0.5) is 0 Å². The lowest BCUT2D eigenvalue weighted by molar-refractivity contribution is 0.0259. The summed E-state index contributed by atoms with van der Waals surface area (Å²) in [5, 5.41) is 3.69. The zero-order valence-electron chi connectivity index (χ0n) is 12.5. The Balaban J connectivity index is 1.55. The molecule has 0 aromatic rings. The van der Waals surface area contributed by atoms with Crippen molar-refractivity contribution in [3.8, 4) is 0 Å². The summed E-state index contributed by atoms with van der Waals surface area (Å²) in [5.74, 6) is 0. The van der Waals surface area contributed by atoms with Crippen molar-refractivity contribution in [3.05, 3.63) is 11.6 Å². The van der Waals surface area contributed by atoms with E-state index in [1.165, 1.54) is 64.3 Å². The molecule has 2 heterocycles. The molecular weight excluding hydrogens is 232 g/mol. The normalized spacial score (nSPS) is 35.4. The molecule has 2 heteroatoms. The first kappa shape index (κ1) is 13.6. The molecule has 0 aromatic heterocycles. The molecule has 108 valence electrons. The number of fused-ring (bicyclic) bond motifs is 2. The summed E-state index contributed by atoms with van der Waals surface area (Å²) in [5.41, 5.74) is 1.74. The molecule has 0 saturated carbocycles. The maximum absolute atomic E-state index is 3.69. The molecule has 0 radical (unpaired) electrons. The molecule has 2 atom stereocenters. The monoisotopic (exact) mass is 262 g/mol. The Hall–Kier alpha value is -0.340. The van der Waals surface area contributed by atoms with Gasteiger partial charge >= 0.3 is 0 Å². The van der Waals surface area contributed by atoms with Gasteiger partial charge in [0.1, 0.15) is 0 Å². The highest BCUT2D eigenvalue weighted by Crippen LogP contribution is 2.35. The summed E-state index contributed by atoms with van der Waals surface area (Å²) in [6.45, 7) is 4.71. The fourth-order valence-corrected chi connectivity index (χ4v) is 4.54. The minimum absolute atomic E-state index is 0.794. The van der Waals surface area contributed by atoms with E-state index in [9.17, 15) is 0 Å². The molecule has 2 fully saturated rings. The number of piperidine rings is 2. The van der Waals surface area contributed by atoms with Crippen molar-refractivity contribution in [1.82, 2.24) is 10.2 Å². The highest BCUT2D eigenvalue weighted by atomic mass is 15.2. The molecule has 2 nitrogen and oxygen atoms in total. The van der Waals surface area contributed by atoms with Gasteiger partial charge in [0, 0.05) is 24.7 Å². The van der Waals surface area contributed by atoms with Gasteiger partial charge in [0.2, 0.25) is 0 Å².